The summed E-state index contributed by atoms with van der Waals surface area (Å²) in [7, 11) is 0. The van der Waals surface area contributed by atoms with Crippen LogP contribution in [0.5, 0.6) is 0 Å². The highest BCUT2D eigenvalue weighted by atomic mass is 19.4. The second kappa shape index (κ2) is 12.3. The van der Waals surface area contributed by atoms with E-state index in [1.807, 2.05) is 13.0 Å². The third kappa shape index (κ3) is 6.49. The number of nitrogens with zero attached hydrogens (tertiary/aromatic N) is 5. The average Bonchev–Trinajstić information content (AvgIpc) is 3.53. The van der Waals surface area contributed by atoms with Crippen LogP contribution in [-0.4, -0.2) is 61.0 Å². The number of hydrogen-bond donors (Lipinski definition) is 3. The molecule has 1 atom stereocenters. The van der Waals surface area contributed by atoms with Crippen LogP contribution in [0.25, 0.3) is 16.9 Å². The number of fused-ring (bicyclic) bond motifs is 1. The van der Waals surface area contributed by atoms with E-state index in [0.29, 0.717) is 35.7 Å². The molecule has 0 spiro atoms. The van der Waals surface area contributed by atoms with Crippen molar-refractivity contribution < 1.29 is 27.8 Å². The van der Waals surface area contributed by atoms with Crippen molar-refractivity contribution in [1.29, 1.82) is 0 Å². The molecular weight excluding hydrogens is 527 g/mol. The van der Waals surface area contributed by atoms with E-state index >= 15 is 0 Å². The zero-order valence-corrected chi connectivity index (χ0v) is 22.1. The van der Waals surface area contributed by atoms with Crippen molar-refractivity contribution in [3.05, 3.63) is 72.5 Å². The van der Waals surface area contributed by atoms with Crippen LogP contribution >= 0.6 is 0 Å². The van der Waals surface area contributed by atoms with E-state index in [2.05, 4.69) is 32.3 Å². The van der Waals surface area contributed by atoms with Gasteiger partial charge in [-0.2, -0.15) is 18.3 Å². The molecule has 10 nitrogen and oxygen atoms in total. The number of rotatable bonds is 12. The lowest BCUT2D eigenvalue weighted by Crippen LogP contribution is -2.28. The van der Waals surface area contributed by atoms with E-state index in [0.717, 1.165) is 5.56 Å². The number of hydrogen-bond acceptors (Lipinski definition) is 7. The number of anilines is 2. The van der Waals surface area contributed by atoms with E-state index in [-0.39, 0.29) is 36.9 Å². The molecule has 0 saturated heterocycles. The van der Waals surface area contributed by atoms with Crippen molar-refractivity contribution in [3.63, 3.8) is 0 Å². The van der Waals surface area contributed by atoms with Crippen LogP contribution in [0, 0.1) is 0 Å². The summed E-state index contributed by atoms with van der Waals surface area (Å²) in [4.78, 5) is 21.4. The highest BCUT2D eigenvalue weighted by Crippen LogP contribution is 2.37. The maximum Gasteiger partial charge on any atom is 0.435 e. The monoisotopic (exact) mass is 557 g/mol. The fourth-order valence-corrected chi connectivity index (χ4v) is 4.16. The Morgan fingerprint density at radius 1 is 1.30 bits per heavy atom. The van der Waals surface area contributed by atoms with Crippen molar-refractivity contribution in [2.45, 2.75) is 39.1 Å². The molecule has 3 heterocycles. The van der Waals surface area contributed by atoms with Crippen molar-refractivity contribution in [2.24, 2.45) is 0 Å². The number of halogens is 3. The number of aromatic nitrogens is 5. The minimum absolute atomic E-state index is 0.112. The number of benzene rings is 1. The number of amides is 1. The van der Waals surface area contributed by atoms with Gasteiger partial charge in [-0.3, -0.25) is 13.9 Å². The molecule has 0 aliphatic heterocycles. The molecule has 4 aromatic rings. The number of alkyl halides is 3. The molecule has 4 rings (SSSR count). The maximum atomic E-state index is 13.8. The lowest BCUT2D eigenvalue weighted by Gasteiger charge is -2.13. The molecule has 0 bridgehead atoms. The third-order valence-corrected chi connectivity index (χ3v) is 5.93. The summed E-state index contributed by atoms with van der Waals surface area (Å²) in [5, 5.41) is 18.9. The Kier molecular flexibility index (Phi) is 8.85. The minimum Gasteiger partial charge on any atom is -0.391 e. The van der Waals surface area contributed by atoms with E-state index in [1.54, 1.807) is 19.1 Å². The van der Waals surface area contributed by atoms with Gasteiger partial charge in [0.05, 0.1) is 43.3 Å². The van der Waals surface area contributed by atoms with Crippen molar-refractivity contribution >= 4 is 23.1 Å². The number of aliphatic hydroxyl groups is 1. The molecule has 0 fully saturated rings. The smallest absolute Gasteiger partial charge is 0.391 e. The Morgan fingerprint density at radius 2 is 2.10 bits per heavy atom. The first-order valence-electron chi connectivity index (χ1n) is 12.6. The van der Waals surface area contributed by atoms with Crippen molar-refractivity contribution in [3.8, 4) is 11.3 Å². The zero-order chi connectivity index (χ0) is 28.9. The van der Waals surface area contributed by atoms with Gasteiger partial charge in [-0.1, -0.05) is 13.0 Å². The van der Waals surface area contributed by atoms with Gasteiger partial charge >= 0.3 is 6.18 Å². The lowest BCUT2D eigenvalue weighted by atomic mass is 10.0. The van der Waals surface area contributed by atoms with Crippen LogP contribution in [-0.2, 0) is 23.9 Å². The molecule has 0 aliphatic rings. The summed E-state index contributed by atoms with van der Waals surface area (Å²) in [5.41, 5.74) is 1.33. The summed E-state index contributed by atoms with van der Waals surface area (Å²) in [6.45, 7) is 7.99. The fraction of sp³-hybridized carbons (Fsp3) is 0.333. The molecule has 3 N–H and O–H groups in total. The van der Waals surface area contributed by atoms with Crippen LogP contribution in [0.1, 0.15) is 35.5 Å². The fourth-order valence-electron chi connectivity index (χ4n) is 4.16. The van der Waals surface area contributed by atoms with Gasteiger partial charge in [0, 0.05) is 36.4 Å². The van der Waals surface area contributed by atoms with Crippen molar-refractivity contribution in [1.82, 2.24) is 29.5 Å². The van der Waals surface area contributed by atoms with Crippen LogP contribution < -0.4 is 10.6 Å². The third-order valence-electron chi connectivity index (χ3n) is 5.93. The topological polar surface area (TPSA) is 119 Å². The largest absolute Gasteiger partial charge is 0.435 e. The highest BCUT2D eigenvalue weighted by Gasteiger charge is 2.38. The molecule has 1 amide bonds. The van der Waals surface area contributed by atoms with E-state index in [9.17, 15) is 23.1 Å². The number of aryl methyl sites for hydroxylation is 1. The quantitative estimate of drug-likeness (QED) is 0.176. The van der Waals surface area contributed by atoms with Crippen LogP contribution in [0.15, 0.2) is 55.6 Å². The normalized spacial score (nSPS) is 12.4. The van der Waals surface area contributed by atoms with Gasteiger partial charge in [0.25, 0.3) is 5.91 Å². The Hall–Kier alpha value is -4.23. The average molecular weight is 558 g/mol. The summed E-state index contributed by atoms with van der Waals surface area (Å²) in [5.74, 6) is 0.0787. The van der Waals surface area contributed by atoms with Gasteiger partial charge in [0.15, 0.2) is 17.2 Å². The lowest BCUT2D eigenvalue weighted by molar-refractivity contribution is -0.141. The molecule has 3 aromatic heterocycles. The zero-order valence-electron chi connectivity index (χ0n) is 22.1. The highest BCUT2D eigenvalue weighted by molar-refractivity contribution is 5.96. The molecule has 0 radical (unpaired) electrons. The van der Waals surface area contributed by atoms with Gasteiger partial charge in [-0.05, 0) is 37.1 Å². The number of allylic oxidation sites excluding steroid dienone is 1. The van der Waals surface area contributed by atoms with Gasteiger partial charge in [-0.15, -0.1) is 6.58 Å². The van der Waals surface area contributed by atoms with Gasteiger partial charge in [0.1, 0.15) is 0 Å². The number of imidazole rings is 1. The number of nitrogens with one attached hydrogen (secondary N) is 2. The van der Waals surface area contributed by atoms with E-state index in [1.165, 1.54) is 39.9 Å². The van der Waals surface area contributed by atoms with Gasteiger partial charge in [-0.25, -0.2) is 9.97 Å². The molecular formula is C27H30F3N7O3. The SMILES string of the molecule is C=CCn1cc(-c2cnc3c(Nc4ccc(C(=O)NCCOC[C@@H](C)O)c(CC)c4)nccn23)c(C(F)(F)F)n1. The van der Waals surface area contributed by atoms with Crippen LogP contribution in [0.3, 0.4) is 0 Å². The van der Waals surface area contributed by atoms with Crippen molar-refractivity contribution in [2.75, 3.05) is 25.1 Å². The predicted molar refractivity (Wildman–Crippen MR) is 143 cm³/mol. The Morgan fingerprint density at radius 3 is 2.80 bits per heavy atom. The maximum absolute atomic E-state index is 13.8. The number of ether oxygens (including phenoxy) is 1. The molecule has 0 unspecified atom stereocenters. The standard InChI is InChI=1S/C27H30F3N7O3/c1-4-10-36-15-21(23(35-36)27(28,29)30)22-14-33-25-24(31-8-11-37(22)25)34-19-6-7-20(18(5-2)13-19)26(39)32-9-12-40-16-17(3)38/h4,6-8,11,13-15,17,38H,1,5,9-10,12,16H2,2-3H3,(H,31,34)(H,32,39)/t17-/m1/s1. The van der Waals surface area contributed by atoms with Gasteiger partial charge in [0.2, 0.25) is 0 Å². The molecule has 0 aliphatic carbocycles. The van der Waals surface area contributed by atoms with Crippen LogP contribution in [0.2, 0.25) is 0 Å². The summed E-state index contributed by atoms with van der Waals surface area (Å²) in [6, 6.07) is 5.22. The molecule has 212 valence electrons. The van der Waals surface area contributed by atoms with Gasteiger partial charge < -0.3 is 20.5 Å². The second-order valence-electron chi connectivity index (χ2n) is 9.04. The first kappa shape index (κ1) is 28.8. The number of aliphatic hydroxyl groups excluding tert-OH is 1. The second-order valence-corrected chi connectivity index (χ2v) is 9.04. The number of carbonyl (C=O) groups excluding carboxylic acids is 1. The summed E-state index contributed by atoms with van der Waals surface area (Å²) in [6.07, 6.45) is 2.47. The Bertz CT molecular complexity index is 1490. The molecule has 0 saturated carbocycles. The first-order valence-corrected chi connectivity index (χ1v) is 12.6. The molecule has 13 heteroatoms. The Balaban J connectivity index is 1.57. The van der Waals surface area contributed by atoms with E-state index in [4.69, 9.17) is 4.74 Å². The minimum atomic E-state index is -4.66. The Labute approximate surface area is 228 Å². The van der Waals surface area contributed by atoms with Crippen LogP contribution in [0.4, 0.5) is 24.7 Å². The van der Waals surface area contributed by atoms with E-state index < -0.39 is 18.0 Å². The molecule has 1 aromatic carbocycles. The first-order chi connectivity index (χ1) is 19.1. The molecule has 40 heavy (non-hydrogen) atoms. The summed E-state index contributed by atoms with van der Waals surface area (Å²) < 4.78 is 49.2. The predicted octanol–water partition coefficient (Wildman–Crippen LogP) is 4.23. The summed E-state index contributed by atoms with van der Waals surface area (Å²) >= 11 is 0. The number of carbonyl (C=O) groups is 1.